The number of piperidine rings is 1. The molecular weight excluding hydrogens is 372 g/mol. The number of carbonyl (C=O) groups excluding carboxylic acids is 2. The van der Waals surface area contributed by atoms with E-state index in [-0.39, 0.29) is 23.5 Å². The summed E-state index contributed by atoms with van der Waals surface area (Å²) in [6, 6.07) is 2.30. The van der Waals surface area contributed by atoms with E-state index in [9.17, 15) is 9.59 Å². The molecule has 0 aromatic carbocycles. The maximum Gasteiger partial charge on any atom is 0.411 e. The molecule has 28 heavy (non-hydrogen) atoms. The van der Waals surface area contributed by atoms with Crippen LogP contribution in [0, 0.1) is 29.1 Å². The van der Waals surface area contributed by atoms with Gasteiger partial charge in [0.25, 0.3) is 0 Å². The topological polar surface area (TPSA) is 67.4 Å². The summed E-state index contributed by atoms with van der Waals surface area (Å²) in [5, 5.41) is 10.0. The minimum absolute atomic E-state index is 0.0147. The molecule has 0 unspecified atom stereocenters. The molecular formula is C22H30N2O3S. The van der Waals surface area contributed by atoms with Gasteiger partial charge in [-0.1, -0.05) is 6.92 Å². The molecule has 3 aliphatic carbocycles. The molecule has 1 saturated heterocycles. The van der Waals surface area contributed by atoms with Gasteiger partial charge in [-0.15, -0.1) is 0 Å². The highest BCUT2D eigenvalue weighted by Crippen LogP contribution is 2.61. The van der Waals surface area contributed by atoms with Gasteiger partial charge in [0.15, 0.2) is 0 Å². The van der Waals surface area contributed by atoms with E-state index in [2.05, 4.69) is 17.6 Å². The number of carbonyl (C=O) groups is 2. The number of fused-ring (bicyclic) bond motifs is 5. The molecule has 2 N–H and O–H groups in total. The van der Waals surface area contributed by atoms with Crippen molar-refractivity contribution in [3.05, 3.63) is 16.8 Å². The van der Waals surface area contributed by atoms with Crippen LogP contribution in [0.4, 0.5) is 10.5 Å². The quantitative estimate of drug-likeness (QED) is 0.747. The smallest absolute Gasteiger partial charge is 0.411 e. The Kier molecular flexibility index (Phi) is 4.65. The van der Waals surface area contributed by atoms with E-state index >= 15 is 0 Å². The Balaban J connectivity index is 1.27. The lowest BCUT2D eigenvalue weighted by molar-refractivity contribution is -0.128. The Morgan fingerprint density at radius 1 is 1.18 bits per heavy atom. The summed E-state index contributed by atoms with van der Waals surface area (Å²) in [5.74, 6) is 3.00. The summed E-state index contributed by atoms with van der Waals surface area (Å²) >= 11 is 1.57. The van der Waals surface area contributed by atoms with Crippen LogP contribution in [0.3, 0.4) is 0 Å². The Hall–Kier alpha value is -1.56. The van der Waals surface area contributed by atoms with Crippen molar-refractivity contribution in [3.63, 3.8) is 0 Å². The number of nitrogens with one attached hydrogen (secondary N) is 2. The van der Waals surface area contributed by atoms with Crippen molar-refractivity contribution >= 4 is 29.0 Å². The second-order valence-corrected chi connectivity index (χ2v) is 10.3. The number of amides is 2. The lowest BCUT2D eigenvalue weighted by atomic mass is 9.52. The molecule has 2 heterocycles. The zero-order valence-electron chi connectivity index (χ0n) is 16.5. The van der Waals surface area contributed by atoms with Gasteiger partial charge in [-0.25, -0.2) is 4.79 Å². The zero-order chi connectivity index (χ0) is 19.3. The fourth-order valence-electron chi connectivity index (χ4n) is 7.08. The first-order valence-electron chi connectivity index (χ1n) is 10.8. The van der Waals surface area contributed by atoms with Crippen molar-refractivity contribution in [2.75, 3.05) is 5.32 Å². The van der Waals surface area contributed by atoms with Crippen LogP contribution in [-0.4, -0.2) is 24.1 Å². The molecule has 1 aliphatic heterocycles. The summed E-state index contributed by atoms with van der Waals surface area (Å²) in [5.41, 5.74) is 0.911. The van der Waals surface area contributed by atoms with Crippen molar-refractivity contribution in [3.8, 4) is 0 Å². The van der Waals surface area contributed by atoms with Gasteiger partial charge in [0.05, 0.1) is 5.69 Å². The van der Waals surface area contributed by atoms with E-state index < -0.39 is 0 Å². The second-order valence-electron chi connectivity index (χ2n) is 9.54. The molecule has 1 aromatic heterocycles. The number of anilines is 1. The van der Waals surface area contributed by atoms with Crippen molar-refractivity contribution in [2.45, 2.75) is 70.4 Å². The first kappa shape index (κ1) is 18.5. The summed E-state index contributed by atoms with van der Waals surface area (Å²) in [4.78, 5) is 24.2. The molecule has 0 radical (unpaired) electrons. The minimum Gasteiger partial charge on any atom is -0.445 e. The molecule has 2 amide bonds. The Morgan fingerprint density at radius 3 is 2.89 bits per heavy atom. The monoisotopic (exact) mass is 402 g/mol. The maximum absolute atomic E-state index is 12.4. The summed E-state index contributed by atoms with van der Waals surface area (Å²) in [7, 11) is 0. The molecule has 7 atom stereocenters. The molecule has 6 heteroatoms. The summed E-state index contributed by atoms with van der Waals surface area (Å²) < 4.78 is 5.96. The number of rotatable bonds is 2. The van der Waals surface area contributed by atoms with E-state index in [1.165, 1.54) is 12.8 Å². The van der Waals surface area contributed by atoms with Gasteiger partial charge < -0.3 is 10.1 Å². The van der Waals surface area contributed by atoms with E-state index in [1.807, 2.05) is 16.8 Å². The van der Waals surface area contributed by atoms with Crippen LogP contribution in [0.15, 0.2) is 16.8 Å². The molecule has 3 saturated carbocycles. The van der Waals surface area contributed by atoms with Crippen molar-refractivity contribution in [1.82, 2.24) is 5.32 Å². The Bertz CT molecular complexity index is 751. The average molecular weight is 403 g/mol. The van der Waals surface area contributed by atoms with Gasteiger partial charge in [0, 0.05) is 23.3 Å². The van der Waals surface area contributed by atoms with Crippen molar-refractivity contribution in [2.24, 2.45) is 29.1 Å². The summed E-state index contributed by atoms with van der Waals surface area (Å²) in [6.07, 6.45) is 8.27. The highest BCUT2D eigenvalue weighted by Gasteiger charge is 2.58. The highest BCUT2D eigenvalue weighted by molar-refractivity contribution is 7.08. The largest absolute Gasteiger partial charge is 0.445 e. The molecule has 4 aliphatic rings. The van der Waals surface area contributed by atoms with Crippen LogP contribution in [0.25, 0.3) is 0 Å². The number of thiophene rings is 1. The van der Waals surface area contributed by atoms with Gasteiger partial charge >= 0.3 is 6.09 Å². The maximum atomic E-state index is 12.4. The third kappa shape index (κ3) is 3.04. The number of hydrogen-bond donors (Lipinski definition) is 2. The molecule has 152 valence electrons. The molecule has 1 aromatic rings. The van der Waals surface area contributed by atoms with Crippen LogP contribution in [0.5, 0.6) is 0 Å². The first-order valence-corrected chi connectivity index (χ1v) is 11.8. The van der Waals surface area contributed by atoms with Crippen LogP contribution in [0.1, 0.15) is 58.3 Å². The molecule has 4 fully saturated rings. The second kappa shape index (κ2) is 7.05. The fraction of sp³-hybridized carbons (Fsp3) is 0.727. The predicted octanol–water partition coefficient (Wildman–Crippen LogP) is 4.80. The van der Waals surface area contributed by atoms with E-state index in [1.54, 1.807) is 11.3 Å². The summed E-state index contributed by atoms with van der Waals surface area (Å²) in [6.45, 7) is 2.36. The van der Waals surface area contributed by atoms with Gasteiger partial charge in [-0.05, 0) is 80.1 Å². The minimum atomic E-state index is -0.314. The van der Waals surface area contributed by atoms with Crippen molar-refractivity contribution in [1.29, 1.82) is 0 Å². The third-order valence-electron chi connectivity index (χ3n) is 8.35. The van der Waals surface area contributed by atoms with Gasteiger partial charge in [-0.3, -0.25) is 10.1 Å². The Morgan fingerprint density at radius 2 is 2.07 bits per heavy atom. The van der Waals surface area contributed by atoms with Crippen LogP contribution < -0.4 is 10.6 Å². The number of ether oxygens (including phenoxy) is 1. The molecule has 5 rings (SSSR count). The van der Waals surface area contributed by atoms with Gasteiger partial charge in [0.1, 0.15) is 6.10 Å². The van der Waals surface area contributed by atoms with Crippen LogP contribution >= 0.6 is 11.3 Å². The highest BCUT2D eigenvalue weighted by atomic mass is 32.1. The average Bonchev–Trinajstić information content (AvgIpc) is 3.29. The molecule has 0 bridgehead atoms. The van der Waals surface area contributed by atoms with E-state index in [0.717, 1.165) is 49.6 Å². The van der Waals surface area contributed by atoms with Crippen LogP contribution in [-0.2, 0) is 9.53 Å². The lowest BCUT2D eigenvalue weighted by Gasteiger charge is -2.55. The molecule has 0 spiro atoms. The van der Waals surface area contributed by atoms with Crippen molar-refractivity contribution < 1.29 is 14.3 Å². The third-order valence-corrected chi connectivity index (χ3v) is 9.03. The normalized spacial score (nSPS) is 42.0. The molecule has 5 nitrogen and oxygen atoms in total. The number of hydrogen-bond acceptors (Lipinski definition) is 4. The predicted molar refractivity (Wildman–Crippen MR) is 109 cm³/mol. The standard InChI is InChI=1S/C22H30N2O3S/c1-22-10-8-14-15(2-5-18-16(14)3-7-20(25)24-18)17(22)4-6-19(22)27-21(26)23-13-9-11-28-12-13/h9,11-12,14-19H,2-8,10H2,1H3,(H,23,26)(H,24,25)/t14-,15+,16+,17-,18+,19-,22-/m0/s1. The first-order chi connectivity index (χ1) is 13.5. The lowest BCUT2D eigenvalue weighted by Crippen LogP contribution is -2.56. The van der Waals surface area contributed by atoms with Gasteiger partial charge in [0.2, 0.25) is 5.91 Å². The van der Waals surface area contributed by atoms with Crippen LogP contribution in [0.2, 0.25) is 0 Å². The zero-order valence-corrected chi connectivity index (χ0v) is 17.3. The van der Waals surface area contributed by atoms with Gasteiger partial charge in [-0.2, -0.15) is 11.3 Å². The fourth-order valence-corrected chi connectivity index (χ4v) is 7.66. The Labute approximate surface area is 170 Å². The van der Waals surface area contributed by atoms with E-state index in [0.29, 0.717) is 24.3 Å². The van der Waals surface area contributed by atoms with E-state index in [4.69, 9.17) is 4.74 Å². The SMILES string of the molecule is C[C@]12CC[C@@H]3[C@H]4CCC(=O)N[C@@H]4CC[C@H]3[C@@H]1CC[C@@H]2OC(=O)Nc1ccsc1.